The molecule has 0 unspecified atom stereocenters. The third-order valence-electron chi connectivity index (χ3n) is 3.68. The van der Waals surface area contributed by atoms with Gasteiger partial charge in [-0.05, 0) is 30.0 Å². The van der Waals surface area contributed by atoms with Crippen molar-refractivity contribution in [3.05, 3.63) is 29.8 Å². The highest BCUT2D eigenvalue weighted by molar-refractivity contribution is 14.0. The molecule has 1 aromatic carbocycles. The number of benzene rings is 1. The van der Waals surface area contributed by atoms with Crippen LogP contribution >= 0.6 is 24.0 Å². The smallest absolute Gasteiger partial charge is 0.240 e. The Morgan fingerprint density at radius 1 is 1.15 bits per heavy atom. The topological polar surface area (TPSA) is 96.6 Å². The normalized spacial score (nSPS) is 12.1. The maximum absolute atomic E-state index is 12.1. The van der Waals surface area contributed by atoms with Crippen LogP contribution in [0.1, 0.15) is 52.0 Å². The van der Waals surface area contributed by atoms with Gasteiger partial charge in [-0.3, -0.25) is 0 Å². The molecule has 0 heterocycles. The molecule has 0 amide bonds. The lowest BCUT2D eigenvalue weighted by molar-refractivity contribution is 0.560. The van der Waals surface area contributed by atoms with Crippen LogP contribution in [0.4, 0.5) is 0 Å². The number of nitrogens with one attached hydrogen (secondary N) is 2. The molecule has 1 rings (SSSR count). The molecule has 0 atom stereocenters. The van der Waals surface area contributed by atoms with Gasteiger partial charge in [0.1, 0.15) is 0 Å². The second-order valence-electron chi connectivity index (χ2n) is 6.58. The third-order valence-corrected chi connectivity index (χ3v) is 5.12. The first-order valence-corrected chi connectivity index (χ1v) is 10.5. The predicted octanol–water partition coefficient (Wildman–Crippen LogP) is 3.22. The van der Waals surface area contributed by atoms with E-state index < -0.39 is 10.0 Å². The van der Waals surface area contributed by atoms with E-state index in [1.54, 1.807) is 24.3 Å². The first kappa shape index (κ1) is 25.1. The highest BCUT2D eigenvalue weighted by atomic mass is 127. The van der Waals surface area contributed by atoms with Crippen LogP contribution in [-0.4, -0.2) is 27.5 Å². The molecule has 0 radical (unpaired) electrons. The molecular formula is C18H33IN4O2S. The Labute approximate surface area is 175 Å². The number of unbranched alkanes of at least 4 members (excludes halogenated alkanes) is 3. The van der Waals surface area contributed by atoms with Gasteiger partial charge in [-0.2, -0.15) is 0 Å². The van der Waals surface area contributed by atoms with Crippen molar-refractivity contribution in [3.8, 4) is 0 Å². The van der Waals surface area contributed by atoms with Crippen molar-refractivity contribution in [1.82, 2.24) is 10.0 Å². The molecule has 6 nitrogen and oxygen atoms in total. The molecule has 0 aliphatic heterocycles. The van der Waals surface area contributed by atoms with Crippen LogP contribution in [0, 0.1) is 5.92 Å². The van der Waals surface area contributed by atoms with Crippen LogP contribution in [0.25, 0.3) is 0 Å². The Hall–Kier alpha value is -0.870. The molecule has 4 N–H and O–H groups in total. The van der Waals surface area contributed by atoms with E-state index in [0.717, 1.165) is 18.5 Å². The summed E-state index contributed by atoms with van der Waals surface area (Å²) in [7, 11) is -3.45. The fourth-order valence-corrected chi connectivity index (χ4v) is 3.35. The average molecular weight is 496 g/mol. The maximum Gasteiger partial charge on any atom is 0.240 e. The summed E-state index contributed by atoms with van der Waals surface area (Å²) in [6.45, 7) is 7.79. The average Bonchev–Trinajstić information content (AvgIpc) is 2.58. The van der Waals surface area contributed by atoms with E-state index in [9.17, 15) is 8.42 Å². The summed E-state index contributed by atoms with van der Waals surface area (Å²) in [5.41, 5.74) is 6.75. The number of hydrogen-bond acceptors (Lipinski definition) is 3. The highest BCUT2D eigenvalue weighted by Gasteiger charge is 2.13. The van der Waals surface area contributed by atoms with Gasteiger partial charge in [0.15, 0.2) is 5.96 Å². The van der Waals surface area contributed by atoms with E-state index in [-0.39, 0.29) is 34.8 Å². The molecule has 1 aromatic rings. The van der Waals surface area contributed by atoms with Gasteiger partial charge in [-0.1, -0.05) is 52.2 Å². The maximum atomic E-state index is 12.1. The SMILES string of the molecule is CCCCCCNC(N)=NCc1ccc(S(=O)(=O)NCC(C)C)cc1.I. The number of aliphatic imine (C=N–C) groups is 1. The number of guanidine groups is 1. The number of rotatable bonds is 11. The Balaban J connectivity index is 0.00000625. The minimum absolute atomic E-state index is 0. The largest absolute Gasteiger partial charge is 0.370 e. The van der Waals surface area contributed by atoms with E-state index in [4.69, 9.17) is 5.73 Å². The predicted molar refractivity (Wildman–Crippen MR) is 119 cm³/mol. The minimum Gasteiger partial charge on any atom is -0.370 e. The fourth-order valence-electron chi connectivity index (χ4n) is 2.13. The minimum atomic E-state index is -3.45. The zero-order chi connectivity index (χ0) is 18.7. The monoisotopic (exact) mass is 496 g/mol. The molecule has 0 aliphatic rings. The Kier molecular flexibility index (Phi) is 12.9. The number of hydrogen-bond donors (Lipinski definition) is 3. The Morgan fingerprint density at radius 3 is 2.38 bits per heavy atom. The summed E-state index contributed by atoms with van der Waals surface area (Å²) in [5, 5.41) is 3.10. The van der Waals surface area contributed by atoms with E-state index in [1.165, 1.54) is 19.3 Å². The lowest BCUT2D eigenvalue weighted by Gasteiger charge is -2.09. The van der Waals surface area contributed by atoms with Gasteiger partial charge in [-0.25, -0.2) is 18.1 Å². The summed E-state index contributed by atoms with van der Waals surface area (Å²) in [5.74, 6) is 0.688. The van der Waals surface area contributed by atoms with Crippen LogP contribution < -0.4 is 15.8 Å². The zero-order valence-electron chi connectivity index (χ0n) is 16.0. The molecule has 0 saturated heterocycles. The number of halogens is 1. The second-order valence-corrected chi connectivity index (χ2v) is 8.35. The number of sulfonamides is 1. The molecule has 0 bridgehead atoms. The first-order chi connectivity index (χ1) is 11.8. The molecular weight excluding hydrogens is 463 g/mol. The first-order valence-electron chi connectivity index (χ1n) is 8.97. The van der Waals surface area contributed by atoms with Crippen molar-refractivity contribution in [1.29, 1.82) is 0 Å². The zero-order valence-corrected chi connectivity index (χ0v) is 19.1. The quantitative estimate of drug-likeness (QED) is 0.190. The molecule has 0 spiro atoms. The van der Waals surface area contributed by atoms with Crippen molar-refractivity contribution in [2.45, 2.75) is 57.9 Å². The van der Waals surface area contributed by atoms with E-state index in [1.807, 2.05) is 13.8 Å². The van der Waals surface area contributed by atoms with Gasteiger partial charge in [-0.15, -0.1) is 24.0 Å². The lowest BCUT2D eigenvalue weighted by Crippen LogP contribution is -2.32. The number of nitrogens with zero attached hydrogens (tertiary/aromatic N) is 1. The Morgan fingerprint density at radius 2 is 1.81 bits per heavy atom. The van der Waals surface area contributed by atoms with Crippen molar-refractivity contribution in [3.63, 3.8) is 0 Å². The van der Waals surface area contributed by atoms with Crippen LogP contribution in [0.2, 0.25) is 0 Å². The summed E-state index contributed by atoms with van der Waals surface area (Å²) in [4.78, 5) is 4.55. The highest BCUT2D eigenvalue weighted by Crippen LogP contribution is 2.11. The summed E-state index contributed by atoms with van der Waals surface area (Å²) in [6.07, 6.45) is 4.72. The fraction of sp³-hybridized carbons (Fsp3) is 0.611. The molecule has 0 aromatic heterocycles. The van der Waals surface area contributed by atoms with Crippen LogP contribution in [-0.2, 0) is 16.6 Å². The lowest BCUT2D eigenvalue weighted by atomic mass is 10.2. The summed E-state index contributed by atoms with van der Waals surface area (Å²) >= 11 is 0. The van der Waals surface area contributed by atoms with Crippen LogP contribution in [0.3, 0.4) is 0 Å². The molecule has 0 fully saturated rings. The molecule has 26 heavy (non-hydrogen) atoms. The van der Waals surface area contributed by atoms with Crippen molar-refractivity contribution < 1.29 is 8.42 Å². The molecule has 150 valence electrons. The van der Waals surface area contributed by atoms with Gasteiger partial charge >= 0.3 is 0 Å². The van der Waals surface area contributed by atoms with Crippen molar-refractivity contribution in [2.24, 2.45) is 16.6 Å². The van der Waals surface area contributed by atoms with Gasteiger partial charge in [0.2, 0.25) is 10.0 Å². The summed E-state index contributed by atoms with van der Waals surface area (Å²) in [6, 6.07) is 6.73. The van der Waals surface area contributed by atoms with Gasteiger partial charge in [0.25, 0.3) is 0 Å². The molecule has 8 heteroatoms. The van der Waals surface area contributed by atoms with Gasteiger partial charge in [0.05, 0.1) is 11.4 Å². The van der Waals surface area contributed by atoms with Crippen LogP contribution in [0.15, 0.2) is 34.2 Å². The third kappa shape index (κ3) is 10.3. The van der Waals surface area contributed by atoms with Crippen molar-refractivity contribution >= 4 is 40.0 Å². The summed E-state index contributed by atoms with van der Waals surface area (Å²) < 4.78 is 26.9. The Bertz CT molecular complexity index is 631. The van der Waals surface area contributed by atoms with Crippen molar-refractivity contribution in [2.75, 3.05) is 13.1 Å². The van der Waals surface area contributed by atoms with Gasteiger partial charge < -0.3 is 11.1 Å². The second kappa shape index (κ2) is 13.3. The molecule has 0 saturated carbocycles. The number of nitrogens with two attached hydrogens (primary N) is 1. The van der Waals surface area contributed by atoms with Gasteiger partial charge in [0, 0.05) is 13.1 Å². The van der Waals surface area contributed by atoms with E-state index in [2.05, 4.69) is 22.0 Å². The van der Waals surface area contributed by atoms with E-state index in [0.29, 0.717) is 19.0 Å². The van der Waals surface area contributed by atoms with Crippen LogP contribution in [0.5, 0.6) is 0 Å². The standard InChI is InChI=1S/C18H32N4O2S.HI/c1-4-5-6-7-12-20-18(19)21-14-16-8-10-17(11-9-16)25(23,24)22-13-15(2)3;/h8-11,15,22H,4-7,12-14H2,1-3H3,(H3,19,20,21);1H. The molecule has 0 aliphatic carbocycles. The van der Waals surface area contributed by atoms with E-state index >= 15 is 0 Å².